The molecule has 1 fully saturated rings. The third-order valence-corrected chi connectivity index (χ3v) is 8.01. The summed E-state index contributed by atoms with van der Waals surface area (Å²) < 4.78 is 6.59. The zero-order valence-corrected chi connectivity index (χ0v) is 22.4. The van der Waals surface area contributed by atoms with Gasteiger partial charge in [-0.25, -0.2) is 9.97 Å². The van der Waals surface area contributed by atoms with Crippen LogP contribution in [-0.2, 0) is 30.5 Å². The van der Waals surface area contributed by atoms with Gasteiger partial charge in [-0.3, -0.25) is 4.79 Å². The normalized spacial score (nSPS) is 15.3. The monoisotopic (exact) mass is 581 g/mol. The second-order valence-corrected chi connectivity index (χ2v) is 11.0. The number of aromatic nitrogens is 2. The van der Waals surface area contributed by atoms with E-state index in [0.717, 1.165) is 69.1 Å². The Morgan fingerprint density at radius 3 is 2.63 bits per heavy atom. The third-order valence-electron chi connectivity index (χ3n) is 7.29. The molecule has 2 aliphatic rings. The van der Waals surface area contributed by atoms with E-state index in [4.69, 9.17) is 14.7 Å². The topological polar surface area (TPSA) is 64.1 Å². The SMILES string of the molecule is COc1ccc2c(c1)CCc1nc(NC(=O)Cc3ccc(I)cc3)c(CCC3CCCCC3)nc1-2. The molecule has 1 heterocycles. The summed E-state index contributed by atoms with van der Waals surface area (Å²) in [6.07, 6.45) is 10.6. The molecule has 2 aromatic carbocycles. The molecule has 5 nitrogen and oxygen atoms in total. The number of carbonyl (C=O) groups excluding carboxylic acids is 1. The number of amides is 1. The van der Waals surface area contributed by atoms with Gasteiger partial charge in [-0.1, -0.05) is 44.2 Å². The lowest BCUT2D eigenvalue weighted by molar-refractivity contribution is -0.115. The molecular formula is C29H32IN3O2. The average molecular weight is 581 g/mol. The summed E-state index contributed by atoms with van der Waals surface area (Å²) in [5, 5.41) is 3.12. The van der Waals surface area contributed by atoms with Crippen LogP contribution in [0.25, 0.3) is 11.3 Å². The standard InChI is InChI=1S/C29H32IN3O2/c1-35-23-13-14-24-21(18-23)10-16-25-28(24)31-26(15-9-19-5-3-2-4-6-19)29(32-25)33-27(34)17-20-7-11-22(30)12-8-20/h7-8,11-14,18-19H,2-6,9-10,15-17H2,1H3,(H,32,33,34). The number of halogens is 1. The maximum Gasteiger partial charge on any atom is 0.229 e. The lowest BCUT2D eigenvalue weighted by Crippen LogP contribution is -2.20. The fourth-order valence-corrected chi connectivity index (χ4v) is 5.70. The van der Waals surface area contributed by atoms with Crippen LogP contribution in [0.4, 0.5) is 5.82 Å². The average Bonchev–Trinajstić information content (AvgIpc) is 2.89. The molecule has 182 valence electrons. The lowest BCUT2D eigenvalue weighted by atomic mass is 9.85. The molecule has 1 saturated carbocycles. The van der Waals surface area contributed by atoms with Gasteiger partial charge in [-0.05, 0) is 95.7 Å². The number of fused-ring (bicyclic) bond motifs is 3. The minimum Gasteiger partial charge on any atom is -0.497 e. The number of nitrogens with one attached hydrogen (secondary N) is 1. The molecule has 0 atom stereocenters. The van der Waals surface area contributed by atoms with Gasteiger partial charge >= 0.3 is 0 Å². The number of benzene rings is 2. The minimum atomic E-state index is -0.0414. The van der Waals surface area contributed by atoms with Crippen molar-refractivity contribution in [1.29, 1.82) is 0 Å². The van der Waals surface area contributed by atoms with Gasteiger partial charge in [0.2, 0.25) is 5.91 Å². The molecule has 0 unspecified atom stereocenters. The van der Waals surface area contributed by atoms with E-state index in [1.165, 1.54) is 37.7 Å². The van der Waals surface area contributed by atoms with Crippen LogP contribution in [0.3, 0.4) is 0 Å². The molecule has 1 amide bonds. The number of ether oxygens (including phenoxy) is 1. The van der Waals surface area contributed by atoms with E-state index >= 15 is 0 Å². The number of rotatable bonds is 7. The van der Waals surface area contributed by atoms with Crippen molar-refractivity contribution in [2.45, 2.75) is 64.2 Å². The number of carbonyl (C=O) groups is 1. The second kappa shape index (κ2) is 11.1. The van der Waals surface area contributed by atoms with Crippen LogP contribution < -0.4 is 10.1 Å². The van der Waals surface area contributed by atoms with Gasteiger partial charge in [-0.15, -0.1) is 0 Å². The quantitative estimate of drug-likeness (QED) is 0.322. The van der Waals surface area contributed by atoms with Gasteiger partial charge in [0.15, 0.2) is 5.82 Å². The van der Waals surface area contributed by atoms with Crippen LogP contribution in [0.15, 0.2) is 42.5 Å². The van der Waals surface area contributed by atoms with Crippen molar-refractivity contribution in [3.63, 3.8) is 0 Å². The molecule has 6 heteroatoms. The molecule has 0 aliphatic heterocycles. The molecule has 1 N–H and O–H groups in total. The highest BCUT2D eigenvalue weighted by atomic mass is 127. The van der Waals surface area contributed by atoms with Gasteiger partial charge in [-0.2, -0.15) is 0 Å². The number of hydrogen-bond donors (Lipinski definition) is 1. The fourth-order valence-electron chi connectivity index (χ4n) is 5.34. The van der Waals surface area contributed by atoms with E-state index in [9.17, 15) is 4.79 Å². The first-order chi connectivity index (χ1) is 17.1. The van der Waals surface area contributed by atoms with Crippen molar-refractivity contribution in [3.8, 4) is 17.0 Å². The van der Waals surface area contributed by atoms with Crippen LogP contribution in [-0.4, -0.2) is 23.0 Å². The van der Waals surface area contributed by atoms with Gasteiger partial charge in [0, 0.05) is 9.13 Å². The van der Waals surface area contributed by atoms with Crippen LogP contribution in [0.5, 0.6) is 5.75 Å². The van der Waals surface area contributed by atoms with Crippen molar-refractivity contribution >= 4 is 34.3 Å². The Morgan fingerprint density at radius 1 is 1.06 bits per heavy atom. The first-order valence-electron chi connectivity index (χ1n) is 12.7. The number of nitrogens with zero attached hydrogens (tertiary/aromatic N) is 2. The van der Waals surface area contributed by atoms with Crippen molar-refractivity contribution in [3.05, 3.63) is 68.5 Å². The molecule has 1 aromatic heterocycles. The summed E-state index contributed by atoms with van der Waals surface area (Å²) in [7, 11) is 1.70. The number of aryl methyl sites for hydroxylation is 3. The minimum absolute atomic E-state index is 0.0414. The molecule has 0 spiro atoms. The van der Waals surface area contributed by atoms with Crippen molar-refractivity contribution in [2.24, 2.45) is 5.92 Å². The zero-order valence-electron chi connectivity index (χ0n) is 20.3. The lowest BCUT2D eigenvalue weighted by Gasteiger charge is -2.23. The molecule has 2 aliphatic carbocycles. The van der Waals surface area contributed by atoms with Crippen molar-refractivity contribution < 1.29 is 9.53 Å². The zero-order chi connectivity index (χ0) is 24.2. The predicted octanol–water partition coefficient (Wildman–Crippen LogP) is 6.55. The van der Waals surface area contributed by atoms with Crippen LogP contribution in [0.2, 0.25) is 0 Å². The Hall–Kier alpha value is -2.48. The summed E-state index contributed by atoms with van der Waals surface area (Å²) in [5.41, 5.74) is 6.22. The summed E-state index contributed by atoms with van der Waals surface area (Å²) in [6, 6.07) is 14.3. The highest BCUT2D eigenvalue weighted by Crippen LogP contribution is 2.36. The van der Waals surface area contributed by atoms with Crippen LogP contribution in [0, 0.1) is 9.49 Å². The van der Waals surface area contributed by atoms with E-state index < -0.39 is 0 Å². The van der Waals surface area contributed by atoms with Crippen molar-refractivity contribution in [2.75, 3.05) is 12.4 Å². The van der Waals surface area contributed by atoms with E-state index in [0.29, 0.717) is 12.2 Å². The molecule has 0 bridgehead atoms. The second-order valence-electron chi connectivity index (χ2n) is 9.73. The Labute approximate surface area is 221 Å². The van der Waals surface area contributed by atoms with Gasteiger partial charge < -0.3 is 10.1 Å². The Morgan fingerprint density at radius 2 is 1.86 bits per heavy atom. The summed E-state index contributed by atoms with van der Waals surface area (Å²) in [6.45, 7) is 0. The first kappa shape index (κ1) is 24.2. The van der Waals surface area contributed by atoms with Gasteiger partial charge in [0.25, 0.3) is 0 Å². The molecular weight excluding hydrogens is 549 g/mol. The number of anilines is 1. The van der Waals surface area contributed by atoms with Crippen molar-refractivity contribution in [1.82, 2.24) is 9.97 Å². The van der Waals surface area contributed by atoms with Gasteiger partial charge in [0.05, 0.1) is 30.6 Å². The Balaban J connectivity index is 1.42. The van der Waals surface area contributed by atoms with Gasteiger partial charge in [0.1, 0.15) is 5.75 Å². The van der Waals surface area contributed by atoms with Crippen LogP contribution >= 0.6 is 22.6 Å². The maximum atomic E-state index is 13.0. The summed E-state index contributed by atoms with van der Waals surface area (Å²) in [4.78, 5) is 23.1. The van der Waals surface area contributed by atoms with E-state index in [1.807, 2.05) is 30.3 Å². The molecule has 0 saturated heterocycles. The summed E-state index contributed by atoms with van der Waals surface area (Å²) in [5.74, 6) is 2.22. The fraction of sp³-hybridized carbons (Fsp3) is 0.414. The van der Waals surface area contributed by atoms with E-state index in [1.54, 1.807) is 7.11 Å². The Kier molecular flexibility index (Phi) is 7.66. The molecule has 0 radical (unpaired) electrons. The highest BCUT2D eigenvalue weighted by molar-refractivity contribution is 14.1. The third kappa shape index (κ3) is 5.85. The molecule has 35 heavy (non-hydrogen) atoms. The van der Waals surface area contributed by atoms with E-state index in [-0.39, 0.29) is 5.91 Å². The number of methoxy groups -OCH3 is 1. The first-order valence-corrected chi connectivity index (χ1v) is 13.8. The predicted molar refractivity (Wildman–Crippen MR) is 148 cm³/mol. The Bertz CT molecular complexity index is 1200. The largest absolute Gasteiger partial charge is 0.497 e. The highest BCUT2D eigenvalue weighted by Gasteiger charge is 2.24. The number of hydrogen-bond acceptors (Lipinski definition) is 4. The summed E-state index contributed by atoms with van der Waals surface area (Å²) >= 11 is 2.28. The maximum absolute atomic E-state index is 13.0. The van der Waals surface area contributed by atoms with Crippen LogP contribution in [0.1, 0.15) is 61.0 Å². The molecule has 5 rings (SSSR count). The van der Waals surface area contributed by atoms with E-state index in [2.05, 4.69) is 40.0 Å². The smallest absolute Gasteiger partial charge is 0.229 e. The molecule has 3 aromatic rings.